The molecule has 7 heteroatoms. The first-order valence-corrected chi connectivity index (χ1v) is 7.86. The first-order chi connectivity index (χ1) is 10.2. The van der Waals surface area contributed by atoms with Gasteiger partial charge in [0.05, 0.1) is 13.2 Å². The summed E-state index contributed by atoms with van der Waals surface area (Å²) in [7, 11) is 1.65. The van der Waals surface area contributed by atoms with Crippen LogP contribution in [-0.2, 0) is 13.0 Å². The van der Waals surface area contributed by atoms with E-state index < -0.39 is 6.10 Å². The van der Waals surface area contributed by atoms with Crippen LogP contribution in [0.15, 0.2) is 41.8 Å². The van der Waals surface area contributed by atoms with Gasteiger partial charge in [0.1, 0.15) is 5.75 Å². The lowest BCUT2D eigenvalue weighted by Crippen LogP contribution is -2.42. The molecule has 0 fully saturated rings. The molecule has 4 N–H and O–H groups in total. The average Bonchev–Trinajstić information content (AvgIpc) is 3.00. The molecule has 2 atom stereocenters. The van der Waals surface area contributed by atoms with Gasteiger partial charge in [0.2, 0.25) is 0 Å². The monoisotopic (exact) mass is 378 g/mol. The van der Waals surface area contributed by atoms with Crippen LogP contribution in [0.25, 0.3) is 0 Å². The SMILES string of the molecule is COc1cccc(CNC[C@@H](O)[C@@H](N)Cc2cccs2)c1.Cl.Cl. The number of nitrogens with one attached hydrogen (secondary N) is 1. The first kappa shape index (κ1) is 22.2. The van der Waals surface area contributed by atoms with Crippen LogP contribution in [0.2, 0.25) is 0 Å². The number of rotatable bonds is 8. The fourth-order valence-corrected chi connectivity index (χ4v) is 2.87. The minimum Gasteiger partial charge on any atom is -0.497 e. The van der Waals surface area contributed by atoms with Crippen molar-refractivity contribution in [2.24, 2.45) is 5.73 Å². The standard InChI is InChI=1S/C16H22N2O2S.2ClH/c1-20-13-5-2-4-12(8-13)10-18-11-16(19)15(17)9-14-6-3-7-21-14;;/h2-8,15-16,18-19H,9-11,17H2,1H3;2*1H/t15-,16+;;/m0../s1. The number of thiophene rings is 1. The molecule has 2 rings (SSSR count). The highest BCUT2D eigenvalue weighted by Gasteiger charge is 2.15. The molecule has 0 bridgehead atoms. The molecular formula is C16H24Cl2N2O2S. The third-order valence-corrected chi connectivity index (χ3v) is 4.23. The largest absolute Gasteiger partial charge is 0.497 e. The number of hydrogen-bond donors (Lipinski definition) is 3. The molecule has 0 amide bonds. The molecule has 0 unspecified atom stereocenters. The van der Waals surface area contributed by atoms with Gasteiger partial charge in [0.15, 0.2) is 0 Å². The third-order valence-electron chi connectivity index (χ3n) is 3.33. The van der Waals surface area contributed by atoms with E-state index >= 15 is 0 Å². The van der Waals surface area contributed by atoms with Crippen LogP contribution in [0, 0.1) is 0 Å². The molecule has 0 aliphatic heterocycles. The second-order valence-electron chi connectivity index (χ2n) is 5.00. The third kappa shape index (κ3) is 7.52. The van der Waals surface area contributed by atoms with Gasteiger partial charge >= 0.3 is 0 Å². The van der Waals surface area contributed by atoms with Crippen LogP contribution in [-0.4, -0.2) is 30.9 Å². The average molecular weight is 379 g/mol. The molecular weight excluding hydrogens is 355 g/mol. The summed E-state index contributed by atoms with van der Waals surface area (Å²) < 4.78 is 5.18. The summed E-state index contributed by atoms with van der Waals surface area (Å²) in [5.74, 6) is 0.837. The molecule has 1 heterocycles. The van der Waals surface area contributed by atoms with E-state index in [-0.39, 0.29) is 30.9 Å². The summed E-state index contributed by atoms with van der Waals surface area (Å²) >= 11 is 1.67. The van der Waals surface area contributed by atoms with E-state index in [0.717, 1.165) is 11.3 Å². The second kappa shape index (κ2) is 11.7. The van der Waals surface area contributed by atoms with Crippen LogP contribution in [0.5, 0.6) is 5.75 Å². The molecule has 2 aromatic rings. The molecule has 0 aliphatic carbocycles. The Morgan fingerprint density at radius 3 is 2.70 bits per heavy atom. The van der Waals surface area contributed by atoms with E-state index in [0.29, 0.717) is 19.5 Å². The summed E-state index contributed by atoms with van der Waals surface area (Å²) in [6, 6.07) is 11.7. The fourth-order valence-electron chi connectivity index (χ4n) is 2.10. The van der Waals surface area contributed by atoms with E-state index in [1.807, 2.05) is 41.8 Å². The number of halogens is 2. The zero-order valence-electron chi connectivity index (χ0n) is 13.0. The Hall–Kier alpha value is -0.820. The zero-order chi connectivity index (χ0) is 15.1. The second-order valence-corrected chi connectivity index (χ2v) is 6.03. The lowest BCUT2D eigenvalue weighted by Gasteiger charge is -2.19. The zero-order valence-corrected chi connectivity index (χ0v) is 15.4. The molecule has 1 aromatic carbocycles. The Balaban J connectivity index is 0.00000242. The summed E-state index contributed by atoms with van der Waals surface area (Å²) in [5.41, 5.74) is 7.15. The van der Waals surface area contributed by atoms with E-state index in [9.17, 15) is 5.11 Å². The number of nitrogens with two attached hydrogens (primary N) is 1. The molecule has 0 spiro atoms. The summed E-state index contributed by atoms with van der Waals surface area (Å²) in [6.45, 7) is 1.16. The number of hydrogen-bond acceptors (Lipinski definition) is 5. The lowest BCUT2D eigenvalue weighted by atomic mass is 10.1. The van der Waals surface area contributed by atoms with Gasteiger partial charge in [-0.2, -0.15) is 0 Å². The van der Waals surface area contributed by atoms with Gasteiger partial charge in [-0.25, -0.2) is 0 Å². The van der Waals surface area contributed by atoms with Crippen molar-refractivity contribution in [2.45, 2.75) is 25.1 Å². The van der Waals surface area contributed by atoms with Crippen molar-refractivity contribution in [3.05, 3.63) is 52.2 Å². The first-order valence-electron chi connectivity index (χ1n) is 6.98. The van der Waals surface area contributed by atoms with E-state index in [1.165, 1.54) is 4.88 Å². The quantitative estimate of drug-likeness (QED) is 0.660. The minimum atomic E-state index is -0.558. The highest BCUT2D eigenvalue weighted by molar-refractivity contribution is 7.09. The predicted molar refractivity (Wildman–Crippen MR) is 101 cm³/mol. The normalized spacial score (nSPS) is 12.7. The Bertz CT molecular complexity index is 541. The van der Waals surface area contributed by atoms with Crippen molar-refractivity contribution in [1.29, 1.82) is 0 Å². The van der Waals surface area contributed by atoms with Crippen LogP contribution in [0.4, 0.5) is 0 Å². The van der Waals surface area contributed by atoms with Crippen LogP contribution in [0.1, 0.15) is 10.4 Å². The van der Waals surface area contributed by atoms with E-state index in [2.05, 4.69) is 5.32 Å². The topological polar surface area (TPSA) is 67.5 Å². The van der Waals surface area contributed by atoms with Gasteiger partial charge in [0, 0.05) is 24.0 Å². The number of aliphatic hydroxyl groups is 1. The van der Waals surface area contributed by atoms with Crippen LogP contribution in [0.3, 0.4) is 0 Å². The minimum absolute atomic E-state index is 0. The summed E-state index contributed by atoms with van der Waals surface area (Å²) in [5, 5.41) is 15.3. The molecule has 0 radical (unpaired) electrons. The van der Waals surface area contributed by atoms with Crippen molar-refractivity contribution in [3.8, 4) is 5.75 Å². The van der Waals surface area contributed by atoms with Gasteiger partial charge in [-0.3, -0.25) is 0 Å². The smallest absolute Gasteiger partial charge is 0.119 e. The number of ether oxygens (including phenoxy) is 1. The maximum atomic E-state index is 10.1. The predicted octanol–water partition coefficient (Wildman–Crippen LogP) is 2.62. The molecule has 4 nitrogen and oxygen atoms in total. The Morgan fingerprint density at radius 2 is 2.04 bits per heavy atom. The van der Waals surface area contributed by atoms with Gasteiger partial charge in [-0.1, -0.05) is 18.2 Å². The molecule has 0 saturated heterocycles. The fraction of sp³-hybridized carbons (Fsp3) is 0.375. The van der Waals surface area contributed by atoms with Crippen LogP contribution < -0.4 is 15.8 Å². The Labute approximate surface area is 153 Å². The van der Waals surface area contributed by atoms with Gasteiger partial charge < -0.3 is 20.9 Å². The van der Waals surface area contributed by atoms with Gasteiger partial charge in [-0.05, 0) is 35.6 Å². The number of benzene rings is 1. The van der Waals surface area contributed by atoms with Crippen molar-refractivity contribution in [2.75, 3.05) is 13.7 Å². The molecule has 1 aromatic heterocycles. The maximum Gasteiger partial charge on any atom is 0.119 e. The van der Waals surface area contributed by atoms with Crippen molar-refractivity contribution in [1.82, 2.24) is 5.32 Å². The number of methoxy groups -OCH3 is 1. The molecule has 0 aliphatic rings. The molecule has 0 saturated carbocycles. The maximum absolute atomic E-state index is 10.1. The summed E-state index contributed by atoms with van der Waals surface area (Å²) in [6.07, 6.45) is 0.150. The van der Waals surface area contributed by atoms with Crippen molar-refractivity contribution >= 4 is 36.2 Å². The Morgan fingerprint density at radius 1 is 1.26 bits per heavy atom. The molecule has 130 valence electrons. The highest BCUT2D eigenvalue weighted by atomic mass is 35.5. The van der Waals surface area contributed by atoms with E-state index in [1.54, 1.807) is 18.4 Å². The van der Waals surface area contributed by atoms with Gasteiger partial charge in [-0.15, -0.1) is 36.2 Å². The van der Waals surface area contributed by atoms with E-state index in [4.69, 9.17) is 10.5 Å². The number of aliphatic hydroxyl groups excluding tert-OH is 1. The van der Waals surface area contributed by atoms with Crippen LogP contribution >= 0.6 is 36.2 Å². The lowest BCUT2D eigenvalue weighted by molar-refractivity contribution is 0.142. The van der Waals surface area contributed by atoms with Gasteiger partial charge in [0.25, 0.3) is 0 Å². The van der Waals surface area contributed by atoms with Crippen molar-refractivity contribution in [3.63, 3.8) is 0 Å². The highest BCUT2D eigenvalue weighted by Crippen LogP contribution is 2.13. The van der Waals surface area contributed by atoms with Crippen molar-refractivity contribution < 1.29 is 9.84 Å². The Kier molecular flexibility index (Phi) is 11.3. The molecule has 23 heavy (non-hydrogen) atoms. The summed E-state index contributed by atoms with van der Waals surface area (Å²) in [4.78, 5) is 1.20.